The first-order valence-electron chi connectivity index (χ1n) is 5.62. The van der Waals surface area contributed by atoms with Crippen LogP contribution in [0.15, 0.2) is 43.0 Å². The van der Waals surface area contributed by atoms with Gasteiger partial charge in [0.2, 0.25) is 0 Å². The molecule has 1 aromatic carbocycles. The van der Waals surface area contributed by atoms with Gasteiger partial charge in [-0.15, -0.1) is 6.58 Å². The Labute approximate surface area is 97.9 Å². The van der Waals surface area contributed by atoms with E-state index in [1.54, 1.807) is 7.11 Å². The molecule has 1 unspecified atom stereocenters. The van der Waals surface area contributed by atoms with Crippen LogP contribution in [0.3, 0.4) is 0 Å². The van der Waals surface area contributed by atoms with E-state index in [2.05, 4.69) is 30.8 Å². The fraction of sp³-hybridized carbons (Fsp3) is 0.429. The van der Waals surface area contributed by atoms with Crippen molar-refractivity contribution < 1.29 is 9.47 Å². The summed E-state index contributed by atoms with van der Waals surface area (Å²) in [5, 5.41) is 0. The lowest BCUT2D eigenvalue weighted by Crippen LogP contribution is -2.14. The standard InChI is InChI=1S/C14H20O2/c1-3-7-14(16-12-15-2)11-10-13-8-5-4-6-9-13/h3-6,8-9,14H,1,7,10-12H2,2H3. The summed E-state index contributed by atoms with van der Waals surface area (Å²) in [5.41, 5.74) is 1.34. The summed E-state index contributed by atoms with van der Waals surface area (Å²) in [6.07, 6.45) is 5.00. The molecule has 1 atom stereocenters. The Balaban J connectivity index is 2.34. The molecule has 0 aliphatic carbocycles. The van der Waals surface area contributed by atoms with Crippen molar-refractivity contribution in [1.82, 2.24) is 0 Å². The van der Waals surface area contributed by atoms with Crippen LogP contribution in [0, 0.1) is 0 Å². The fourth-order valence-electron chi connectivity index (χ4n) is 1.59. The Hall–Kier alpha value is -1.12. The van der Waals surface area contributed by atoms with E-state index >= 15 is 0 Å². The molecule has 0 aliphatic heterocycles. The number of aryl methyl sites for hydroxylation is 1. The first kappa shape index (κ1) is 12.9. The van der Waals surface area contributed by atoms with E-state index in [0.29, 0.717) is 6.79 Å². The van der Waals surface area contributed by atoms with E-state index in [1.807, 2.05) is 12.1 Å². The van der Waals surface area contributed by atoms with E-state index in [9.17, 15) is 0 Å². The maximum atomic E-state index is 5.56. The summed E-state index contributed by atoms with van der Waals surface area (Å²) in [6, 6.07) is 10.4. The van der Waals surface area contributed by atoms with Gasteiger partial charge in [0, 0.05) is 7.11 Å². The van der Waals surface area contributed by atoms with E-state index in [1.165, 1.54) is 5.56 Å². The fourth-order valence-corrected chi connectivity index (χ4v) is 1.59. The largest absolute Gasteiger partial charge is 0.359 e. The number of benzene rings is 1. The molecule has 1 rings (SSSR count). The van der Waals surface area contributed by atoms with Gasteiger partial charge in [0.05, 0.1) is 6.10 Å². The summed E-state index contributed by atoms with van der Waals surface area (Å²) in [7, 11) is 1.64. The molecule has 2 nitrogen and oxygen atoms in total. The van der Waals surface area contributed by atoms with Gasteiger partial charge in [-0.3, -0.25) is 0 Å². The second-order valence-corrected chi connectivity index (χ2v) is 3.74. The van der Waals surface area contributed by atoms with Crippen LogP contribution in [0.1, 0.15) is 18.4 Å². The molecule has 1 aromatic rings. The third kappa shape index (κ3) is 5.10. The number of hydrogen-bond acceptors (Lipinski definition) is 2. The first-order valence-corrected chi connectivity index (χ1v) is 5.62. The minimum atomic E-state index is 0.206. The molecule has 88 valence electrons. The van der Waals surface area contributed by atoms with Crippen LogP contribution in [0.2, 0.25) is 0 Å². The Bertz CT molecular complexity index is 282. The van der Waals surface area contributed by atoms with Crippen LogP contribution < -0.4 is 0 Å². The Kier molecular flexibility index (Phi) is 6.54. The van der Waals surface area contributed by atoms with Gasteiger partial charge in [-0.05, 0) is 24.8 Å². The lowest BCUT2D eigenvalue weighted by atomic mass is 10.1. The number of rotatable bonds is 8. The second-order valence-electron chi connectivity index (χ2n) is 3.74. The highest BCUT2D eigenvalue weighted by molar-refractivity contribution is 5.14. The molecule has 2 heteroatoms. The van der Waals surface area contributed by atoms with Crippen molar-refractivity contribution >= 4 is 0 Å². The van der Waals surface area contributed by atoms with Crippen molar-refractivity contribution in [3.8, 4) is 0 Å². The molecular formula is C14H20O2. The van der Waals surface area contributed by atoms with Crippen LogP contribution in [-0.2, 0) is 15.9 Å². The topological polar surface area (TPSA) is 18.5 Å². The Morgan fingerprint density at radius 2 is 2.06 bits per heavy atom. The van der Waals surface area contributed by atoms with Gasteiger partial charge in [0.1, 0.15) is 6.79 Å². The van der Waals surface area contributed by atoms with Crippen molar-refractivity contribution in [3.05, 3.63) is 48.6 Å². The van der Waals surface area contributed by atoms with Gasteiger partial charge in [-0.1, -0.05) is 36.4 Å². The molecule has 0 radical (unpaired) electrons. The van der Waals surface area contributed by atoms with Gasteiger partial charge in [0.15, 0.2) is 0 Å². The Morgan fingerprint density at radius 3 is 2.69 bits per heavy atom. The summed E-state index contributed by atoms with van der Waals surface area (Å²) >= 11 is 0. The summed E-state index contributed by atoms with van der Waals surface area (Å²) in [4.78, 5) is 0. The number of ether oxygens (including phenoxy) is 2. The van der Waals surface area contributed by atoms with E-state index in [-0.39, 0.29) is 6.10 Å². The van der Waals surface area contributed by atoms with Gasteiger partial charge in [-0.25, -0.2) is 0 Å². The highest BCUT2D eigenvalue weighted by Gasteiger charge is 2.07. The molecule has 0 amide bonds. The molecule has 0 aromatic heterocycles. The van der Waals surface area contributed by atoms with Gasteiger partial charge in [0.25, 0.3) is 0 Å². The van der Waals surface area contributed by atoms with Crippen LogP contribution in [0.4, 0.5) is 0 Å². The maximum Gasteiger partial charge on any atom is 0.146 e. The first-order chi connectivity index (χ1) is 7.86. The minimum Gasteiger partial charge on any atom is -0.359 e. The molecule has 0 spiro atoms. The van der Waals surface area contributed by atoms with Crippen LogP contribution in [-0.4, -0.2) is 20.0 Å². The van der Waals surface area contributed by atoms with Gasteiger partial charge < -0.3 is 9.47 Å². The molecule has 0 bridgehead atoms. The van der Waals surface area contributed by atoms with Gasteiger partial charge >= 0.3 is 0 Å². The monoisotopic (exact) mass is 220 g/mol. The summed E-state index contributed by atoms with van der Waals surface area (Å²) < 4.78 is 10.5. The van der Waals surface area contributed by atoms with Crippen molar-refractivity contribution in [2.24, 2.45) is 0 Å². The smallest absolute Gasteiger partial charge is 0.146 e. The minimum absolute atomic E-state index is 0.206. The molecule has 0 fully saturated rings. The third-order valence-corrected chi connectivity index (χ3v) is 2.45. The SMILES string of the molecule is C=CCC(CCc1ccccc1)OCOC. The van der Waals surface area contributed by atoms with Crippen molar-refractivity contribution in [2.75, 3.05) is 13.9 Å². The number of methoxy groups -OCH3 is 1. The summed E-state index contributed by atoms with van der Waals surface area (Å²) in [5.74, 6) is 0. The summed E-state index contributed by atoms with van der Waals surface area (Å²) in [6.45, 7) is 4.10. The van der Waals surface area contributed by atoms with Crippen molar-refractivity contribution in [3.63, 3.8) is 0 Å². The number of hydrogen-bond donors (Lipinski definition) is 0. The average molecular weight is 220 g/mol. The predicted octanol–water partition coefficient (Wildman–Crippen LogP) is 3.18. The van der Waals surface area contributed by atoms with Gasteiger partial charge in [-0.2, -0.15) is 0 Å². The lowest BCUT2D eigenvalue weighted by Gasteiger charge is -2.15. The molecule has 0 N–H and O–H groups in total. The van der Waals surface area contributed by atoms with Crippen molar-refractivity contribution in [1.29, 1.82) is 0 Å². The zero-order valence-electron chi connectivity index (χ0n) is 9.89. The van der Waals surface area contributed by atoms with Crippen LogP contribution >= 0.6 is 0 Å². The predicted molar refractivity (Wildman–Crippen MR) is 66.3 cm³/mol. The quantitative estimate of drug-likeness (QED) is 0.495. The third-order valence-electron chi connectivity index (χ3n) is 2.45. The molecular weight excluding hydrogens is 200 g/mol. The second kappa shape index (κ2) is 8.08. The van der Waals surface area contributed by atoms with E-state index < -0.39 is 0 Å². The Morgan fingerprint density at radius 1 is 1.31 bits per heavy atom. The van der Waals surface area contributed by atoms with Crippen molar-refractivity contribution in [2.45, 2.75) is 25.4 Å². The highest BCUT2D eigenvalue weighted by atomic mass is 16.7. The maximum absolute atomic E-state index is 5.56. The van der Waals surface area contributed by atoms with Crippen LogP contribution in [0.25, 0.3) is 0 Å². The molecule has 0 saturated heterocycles. The van der Waals surface area contributed by atoms with E-state index in [0.717, 1.165) is 19.3 Å². The zero-order valence-corrected chi connectivity index (χ0v) is 9.89. The molecule has 0 aliphatic rings. The normalized spacial score (nSPS) is 12.3. The van der Waals surface area contributed by atoms with E-state index in [4.69, 9.17) is 9.47 Å². The molecule has 0 saturated carbocycles. The molecule has 16 heavy (non-hydrogen) atoms. The molecule has 0 heterocycles. The highest BCUT2D eigenvalue weighted by Crippen LogP contribution is 2.10. The lowest BCUT2D eigenvalue weighted by molar-refractivity contribution is -0.0725. The zero-order chi connectivity index (χ0) is 11.6. The average Bonchev–Trinajstić information content (AvgIpc) is 2.34. The van der Waals surface area contributed by atoms with Crippen LogP contribution in [0.5, 0.6) is 0 Å².